The molecule has 0 radical (unpaired) electrons. The van der Waals surface area contributed by atoms with E-state index in [1.165, 1.54) is 14.7 Å². The molecule has 5 aliphatic rings. The van der Waals surface area contributed by atoms with Gasteiger partial charge in [0, 0.05) is 44.1 Å². The van der Waals surface area contributed by atoms with Crippen molar-refractivity contribution in [3.05, 3.63) is 35.9 Å². The van der Waals surface area contributed by atoms with Crippen LogP contribution in [-0.4, -0.2) is 267 Å². The minimum atomic E-state index is -1.94. The van der Waals surface area contributed by atoms with Crippen molar-refractivity contribution in [1.82, 2.24) is 73.2 Å². The number of amides is 14. The lowest BCUT2D eigenvalue weighted by atomic mass is 9.96. The third-order valence-corrected chi connectivity index (χ3v) is 21.9. The number of nitrogens with one attached hydrogen (secondary N) is 11. The molecule has 106 heavy (non-hydrogen) atoms. The number of rotatable bonds is 19. The van der Waals surface area contributed by atoms with Gasteiger partial charge in [0.15, 0.2) is 5.96 Å². The number of aliphatic carboxylic acids is 1. The molecule has 0 aliphatic carbocycles. The van der Waals surface area contributed by atoms with Crippen LogP contribution in [0.15, 0.2) is 35.3 Å². The highest BCUT2D eigenvalue weighted by Gasteiger charge is 2.47. The summed E-state index contributed by atoms with van der Waals surface area (Å²) in [5.41, 5.74) is 17.4. The van der Waals surface area contributed by atoms with E-state index < -0.39 is 216 Å². The van der Waals surface area contributed by atoms with E-state index in [0.717, 1.165) is 28.5 Å². The Kier molecular flexibility index (Phi) is 34.5. The average Bonchev–Trinajstić information content (AvgIpc) is 1.61. The number of nitrogens with two attached hydrogens (primary N) is 3. The van der Waals surface area contributed by atoms with E-state index in [2.05, 4.69) is 63.5 Å². The van der Waals surface area contributed by atoms with Crippen molar-refractivity contribution in [2.75, 3.05) is 57.4 Å². The van der Waals surface area contributed by atoms with Gasteiger partial charge in [-0.25, -0.2) is 0 Å². The Morgan fingerprint density at radius 1 is 0.528 bits per heavy atom. The van der Waals surface area contributed by atoms with Gasteiger partial charge in [0.05, 0.1) is 25.7 Å². The van der Waals surface area contributed by atoms with Crippen LogP contribution in [0, 0.1) is 11.8 Å². The lowest BCUT2D eigenvalue weighted by Crippen LogP contribution is -2.62. The number of aliphatic imine (C=N–C) groups is 1. The number of hydrogen-bond donors (Lipinski definition) is 17. The number of aliphatic hydroxyl groups is 2. The smallest absolute Gasteiger partial charge is 0.305 e. The summed E-state index contributed by atoms with van der Waals surface area (Å²) in [5.74, 6) is -17.0. The number of carboxylic acids is 1. The molecule has 5 aliphatic heterocycles. The average molecular weight is 1530 g/mol. The number of hydrogen-bond acceptors (Lipinski definition) is 21. The Labute approximate surface area is 623 Å². The number of carbonyl (C=O) groups is 15. The molecule has 0 unspecified atom stereocenters. The minimum absolute atomic E-state index is 0.0242. The zero-order valence-corrected chi connectivity index (χ0v) is 62.2. The van der Waals surface area contributed by atoms with Crippen LogP contribution in [0.1, 0.15) is 136 Å². The van der Waals surface area contributed by atoms with E-state index in [-0.39, 0.29) is 109 Å². The zero-order chi connectivity index (χ0) is 77.9. The van der Waals surface area contributed by atoms with Crippen molar-refractivity contribution in [3.63, 3.8) is 0 Å². The van der Waals surface area contributed by atoms with Gasteiger partial charge in [-0.2, -0.15) is 0 Å². The third kappa shape index (κ3) is 24.9. The summed E-state index contributed by atoms with van der Waals surface area (Å²) < 4.78 is 0. The molecule has 0 saturated carbocycles. The van der Waals surface area contributed by atoms with Gasteiger partial charge in [0.2, 0.25) is 82.7 Å². The van der Waals surface area contributed by atoms with Crippen LogP contribution in [0.4, 0.5) is 0 Å². The summed E-state index contributed by atoms with van der Waals surface area (Å²) in [7, 11) is 1.72. The predicted molar refractivity (Wildman–Crippen MR) is 389 cm³/mol. The topological polar surface area (TPSA) is 549 Å². The SMILES string of the molecule is CC[C@H](C)[C@@H]1NC(=O)[C@@H]2CCCN2C(=O)[C@@H]2CCCN2C(=O)[C@H]([C@@H](C)CC)NC(=O)[C@H](CO)NC(=O)[C@H](CCCCN)NC(=O)[C@H]([C@@H](C)O)NC(=O)[C@@H]2CSSC[C@H](NC1=O)C(=O)N[C@@H](Cc1ccccc1)C(=O)N1CCC[C@@H]1C(=O)N[C@@H](CC(=O)O)C(=O)NCC(=O)N[C@@H](CCCCN=C(N)N)C(=O)N2. The quantitative estimate of drug-likeness (QED) is 0.0267. The molecule has 36 nitrogen and oxygen atoms in total. The van der Waals surface area contributed by atoms with Crippen LogP contribution in [-0.2, 0) is 78.3 Å². The fourth-order valence-corrected chi connectivity index (χ4v) is 15.4. The maximum Gasteiger partial charge on any atom is 0.305 e. The van der Waals surface area contributed by atoms with E-state index >= 15 is 14.4 Å². The molecule has 1 aromatic carbocycles. The molecule has 0 spiro atoms. The van der Waals surface area contributed by atoms with Gasteiger partial charge < -0.3 is 106 Å². The minimum Gasteiger partial charge on any atom is -0.481 e. The van der Waals surface area contributed by atoms with E-state index in [1.807, 2.05) is 0 Å². The lowest BCUT2D eigenvalue weighted by Gasteiger charge is -2.35. The number of carboxylic acid groups (broad SMARTS) is 1. The van der Waals surface area contributed by atoms with E-state index in [9.17, 15) is 72.9 Å². The van der Waals surface area contributed by atoms with Crippen LogP contribution in [0.3, 0.4) is 0 Å². The molecule has 5 fully saturated rings. The summed E-state index contributed by atoms with van der Waals surface area (Å²) >= 11 is 0. The first kappa shape index (κ1) is 86.0. The molecule has 14 amide bonds. The van der Waals surface area contributed by atoms with Crippen LogP contribution in [0.2, 0.25) is 0 Å². The Balaban J connectivity index is 1.50. The second-order valence-electron chi connectivity index (χ2n) is 27.4. The molecule has 588 valence electrons. The van der Waals surface area contributed by atoms with E-state index in [1.54, 1.807) is 58.0 Å². The first-order valence-corrected chi connectivity index (χ1v) is 38.8. The number of fused-ring (bicyclic) bond motifs is 8. The van der Waals surface area contributed by atoms with Crippen LogP contribution in [0.5, 0.6) is 0 Å². The van der Waals surface area contributed by atoms with Crippen molar-refractivity contribution in [1.29, 1.82) is 0 Å². The van der Waals surface area contributed by atoms with Crippen molar-refractivity contribution in [2.24, 2.45) is 34.0 Å². The molecular weight excluding hydrogens is 1420 g/mol. The fourth-order valence-electron chi connectivity index (χ4n) is 13.1. The molecule has 5 heterocycles. The fraction of sp³-hybridized carbons (Fsp3) is 0.676. The standard InChI is InChI=1S/C68H106N18O18S2/c1-6-36(3)52-63(100)80-45-34-105-106-35-46(79-56(93)40(21-12-14-26-72-68(70)71)74-50(89)32-73-55(92)42(31-51(90)91)76-61(98)47-22-15-27-84(47)65(102)43(77-59(45)96)30-39-18-9-8-10-19-39)60(97)83-54(38(5)88)64(101)75-41(20-11-13-25-69)57(94)78-44(33-87)58(95)82-53(37(4)7-2)67(104)86-29-17-24-49(86)66(103)85-28-16-23-48(85)62(99)81-52/h8-10,18-19,36-38,40-49,52-54,87-88H,6-7,11-17,20-35,69H2,1-5H3,(H,73,92)(H,74,89)(H,75,101)(H,76,98)(H,77,96)(H,78,94)(H,79,93)(H,80,100)(H,81,99)(H,82,95)(H,83,97)(H,90,91)(H4,70,71,72)/t36-,37-,38+,40-,41-,42-,43-,44-,45-,46-,47+,48-,49-,52-,53-,54-/m0/s1. The Hall–Kier alpha value is -8.88. The predicted octanol–water partition coefficient (Wildman–Crippen LogP) is -4.91. The normalized spacial score (nSPS) is 28.4. The second-order valence-corrected chi connectivity index (χ2v) is 29.9. The number of benzene rings is 1. The van der Waals surface area contributed by atoms with Gasteiger partial charge in [0.1, 0.15) is 78.5 Å². The third-order valence-electron chi connectivity index (χ3n) is 19.5. The van der Waals surface area contributed by atoms with Gasteiger partial charge in [-0.1, -0.05) is 92.5 Å². The summed E-state index contributed by atoms with van der Waals surface area (Å²) in [5, 5.41) is 60.3. The molecule has 5 saturated heterocycles. The molecule has 2 bridgehead atoms. The molecule has 38 heteroatoms. The first-order chi connectivity index (χ1) is 50.5. The highest BCUT2D eigenvalue weighted by molar-refractivity contribution is 8.76. The largest absolute Gasteiger partial charge is 0.481 e. The van der Waals surface area contributed by atoms with Crippen molar-refractivity contribution < 1.29 is 87.2 Å². The summed E-state index contributed by atoms with van der Waals surface area (Å²) in [6, 6.07) is -11.4. The highest BCUT2D eigenvalue weighted by Crippen LogP contribution is 2.29. The number of nitrogens with zero attached hydrogens (tertiary/aromatic N) is 4. The van der Waals surface area contributed by atoms with E-state index in [0.29, 0.717) is 31.2 Å². The number of unbranched alkanes of at least 4 members (excludes halogenated alkanes) is 2. The number of aliphatic hydroxyl groups excluding tert-OH is 2. The van der Waals surface area contributed by atoms with Gasteiger partial charge in [0.25, 0.3) is 0 Å². The summed E-state index contributed by atoms with van der Waals surface area (Å²) in [6.45, 7) is 6.42. The monoisotopic (exact) mass is 1530 g/mol. The molecule has 20 N–H and O–H groups in total. The molecule has 1 aromatic rings. The maximum atomic E-state index is 15.3. The Morgan fingerprint density at radius 2 is 1.00 bits per heavy atom. The van der Waals surface area contributed by atoms with E-state index in [4.69, 9.17) is 17.2 Å². The van der Waals surface area contributed by atoms with Crippen LogP contribution in [0.25, 0.3) is 0 Å². The van der Waals surface area contributed by atoms with Crippen molar-refractivity contribution in [2.45, 2.75) is 222 Å². The van der Waals surface area contributed by atoms with Gasteiger partial charge >= 0.3 is 5.97 Å². The second kappa shape index (κ2) is 42.5. The lowest BCUT2D eigenvalue weighted by molar-refractivity contribution is -0.149. The first-order valence-electron chi connectivity index (χ1n) is 36.3. The Bertz CT molecular complexity index is 3320. The van der Waals surface area contributed by atoms with Crippen molar-refractivity contribution >= 4 is 116 Å². The molecule has 16 atom stereocenters. The summed E-state index contributed by atoms with van der Waals surface area (Å²) in [4.78, 5) is 225. The highest BCUT2D eigenvalue weighted by atomic mass is 33.1. The van der Waals surface area contributed by atoms with Gasteiger partial charge in [-0.3, -0.25) is 76.9 Å². The molecular formula is C68H106N18O18S2. The van der Waals surface area contributed by atoms with Gasteiger partial charge in [-0.05, 0) is 108 Å². The maximum absolute atomic E-state index is 15.3. The summed E-state index contributed by atoms with van der Waals surface area (Å²) in [6.07, 6.45) is -0.530. The number of guanidine groups is 1. The molecule has 6 rings (SSSR count). The molecule has 0 aromatic heterocycles. The zero-order valence-electron chi connectivity index (χ0n) is 60.6. The Morgan fingerprint density at radius 3 is 1.58 bits per heavy atom. The van der Waals surface area contributed by atoms with Crippen LogP contribution < -0.4 is 75.7 Å². The van der Waals surface area contributed by atoms with Crippen molar-refractivity contribution in [3.8, 4) is 0 Å². The van der Waals surface area contributed by atoms with Gasteiger partial charge in [-0.15, -0.1) is 0 Å². The number of carbonyl (C=O) groups excluding carboxylic acids is 14. The van der Waals surface area contributed by atoms with Crippen LogP contribution >= 0.6 is 21.6 Å².